The van der Waals surface area contributed by atoms with Crippen LogP contribution in [-0.4, -0.2) is 61.0 Å². The molecule has 1 atom stereocenters. The van der Waals surface area contributed by atoms with Crippen LogP contribution in [-0.2, 0) is 4.79 Å². The summed E-state index contributed by atoms with van der Waals surface area (Å²) in [5.41, 5.74) is 5.89. The predicted molar refractivity (Wildman–Crippen MR) is 134 cm³/mol. The topological polar surface area (TPSA) is 55.9 Å². The molecule has 2 aromatic rings. The minimum Gasteiger partial charge on any atom is -0.368 e. The summed E-state index contributed by atoms with van der Waals surface area (Å²) in [5, 5.41) is 2.99. The Balaban J connectivity index is 1.26. The maximum absolute atomic E-state index is 13.0. The zero-order valence-corrected chi connectivity index (χ0v) is 20.1. The van der Waals surface area contributed by atoms with Crippen molar-refractivity contribution in [1.82, 2.24) is 9.80 Å². The van der Waals surface area contributed by atoms with Crippen molar-refractivity contribution in [2.24, 2.45) is 5.92 Å². The minimum absolute atomic E-state index is 0.0712. The number of hydrogen-bond acceptors (Lipinski definition) is 3. The lowest BCUT2D eigenvalue weighted by Crippen LogP contribution is -2.50. The minimum atomic E-state index is -0.0712. The van der Waals surface area contributed by atoms with Gasteiger partial charge in [-0.2, -0.15) is 0 Å². The van der Waals surface area contributed by atoms with Gasteiger partial charge >= 0.3 is 6.03 Å². The Bertz CT molecular complexity index is 980. The molecule has 0 spiro atoms. The quantitative estimate of drug-likeness (QED) is 0.744. The van der Waals surface area contributed by atoms with Crippen molar-refractivity contribution in [3.8, 4) is 0 Å². The number of anilines is 2. The average Bonchev–Trinajstić information content (AvgIpc) is 2.82. The van der Waals surface area contributed by atoms with Crippen LogP contribution in [0.4, 0.5) is 16.2 Å². The van der Waals surface area contributed by atoms with Crippen LogP contribution in [0.15, 0.2) is 42.5 Å². The Morgan fingerprint density at radius 1 is 0.909 bits per heavy atom. The molecule has 0 bridgehead atoms. The molecule has 33 heavy (non-hydrogen) atoms. The lowest BCUT2D eigenvalue weighted by molar-refractivity contribution is -0.132. The summed E-state index contributed by atoms with van der Waals surface area (Å²) in [6.07, 6.45) is 2.47. The highest BCUT2D eigenvalue weighted by molar-refractivity contribution is 5.89. The Morgan fingerprint density at radius 2 is 1.64 bits per heavy atom. The molecule has 2 heterocycles. The van der Waals surface area contributed by atoms with Gasteiger partial charge in [0.15, 0.2) is 0 Å². The highest BCUT2D eigenvalue weighted by Gasteiger charge is 2.28. The molecule has 0 radical (unpaired) electrons. The Kier molecular flexibility index (Phi) is 7.21. The summed E-state index contributed by atoms with van der Waals surface area (Å²) < 4.78 is 0. The van der Waals surface area contributed by atoms with Crippen molar-refractivity contribution < 1.29 is 9.59 Å². The summed E-state index contributed by atoms with van der Waals surface area (Å²) in [6, 6.07) is 14.2. The fraction of sp³-hybridized carbons (Fsp3) is 0.481. The number of nitrogens with one attached hydrogen (secondary N) is 1. The number of benzene rings is 2. The maximum Gasteiger partial charge on any atom is 0.321 e. The van der Waals surface area contributed by atoms with E-state index < -0.39 is 0 Å². The molecule has 6 heteroatoms. The number of likely N-dealkylation sites (tertiary alicyclic amines) is 1. The van der Waals surface area contributed by atoms with Crippen LogP contribution in [0.1, 0.15) is 36.0 Å². The van der Waals surface area contributed by atoms with Crippen LogP contribution in [0.3, 0.4) is 0 Å². The van der Waals surface area contributed by atoms with E-state index in [-0.39, 0.29) is 17.9 Å². The first-order valence-electron chi connectivity index (χ1n) is 12.1. The third-order valence-electron chi connectivity index (χ3n) is 7.12. The largest absolute Gasteiger partial charge is 0.368 e. The molecule has 2 fully saturated rings. The first kappa shape index (κ1) is 23.1. The number of hydrogen-bond donors (Lipinski definition) is 1. The van der Waals surface area contributed by atoms with Gasteiger partial charge < -0.3 is 20.0 Å². The van der Waals surface area contributed by atoms with Gasteiger partial charge in [-0.15, -0.1) is 0 Å². The van der Waals surface area contributed by atoms with Crippen LogP contribution in [0.2, 0.25) is 0 Å². The molecular formula is C27H36N4O2. The van der Waals surface area contributed by atoms with Gasteiger partial charge in [-0.1, -0.05) is 29.8 Å². The number of piperidine rings is 1. The van der Waals surface area contributed by atoms with Gasteiger partial charge in [0, 0.05) is 57.1 Å². The van der Waals surface area contributed by atoms with Gasteiger partial charge in [-0.05, 0) is 68.9 Å². The second kappa shape index (κ2) is 10.3. The van der Waals surface area contributed by atoms with E-state index in [0.29, 0.717) is 13.0 Å². The molecular weight excluding hydrogens is 412 g/mol. The fourth-order valence-corrected chi connectivity index (χ4v) is 4.91. The van der Waals surface area contributed by atoms with Gasteiger partial charge in [0.1, 0.15) is 0 Å². The van der Waals surface area contributed by atoms with Crippen molar-refractivity contribution in [2.75, 3.05) is 49.5 Å². The molecule has 0 unspecified atom stereocenters. The standard InChI is InChI=1S/C27H36N4O2/c1-20-9-11-24(12-10-20)28-27(33)31-13-5-7-23(19-31)18-26(32)30-16-14-29(15-17-30)25-8-4-6-21(2)22(25)3/h4,6,8-12,23H,5,7,13-19H2,1-3H3,(H,28,33)/t23-/m0/s1. The van der Waals surface area contributed by atoms with E-state index >= 15 is 0 Å². The SMILES string of the molecule is Cc1ccc(NC(=O)N2CCC[C@@H](CC(=O)N3CCN(c4cccc(C)c4C)CC3)C2)cc1. The smallest absolute Gasteiger partial charge is 0.321 e. The number of urea groups is 1. The molecule has 2 aliphatic heterocycles. The average molecular weight is 449 g/mol. The molecule has 1 N–H and O–H groups in total. The van der Waals surface area contributed by atoms with E-state index in [1.807, 2.05) is 41.0 Å². The van der Waals surface area contributed by atoms with E-state index in [0.717, 1.165) is 51.3 Å². The Labute approximate surface area is 197 Å². The molecule has 0 aliphatic carbocycles. The lowest BCUT2D eigenvalue weighted by Gasteiger charge is -2.38. The summed E-state index contributed by atoms with van der Waals surface area (Å²) in [4.78, 5) is 32.0. The van der Waals surface area contributed by atoms with Gasteiger partial charge in [0.05, 0.1) is 0 Å². The van der Waals surface area contributed by atoms with Crippen LogP contribution >= 0.6 is 0 Å². The first-order valence-corrected chi connectivity index (χ1v) is 12.1. The maximum atomic E-state index is 13.0. The second-order valence-corrected chi connectivity index (χ2v) is 9.54. The molecule has 176 valence electrons. The molecule has 2 aromatic carbocycles. The van der Waals surface area contributed by atoms with Gasteiger partial charge in [0.2, 0.25) is 5.91 Å². The van der Waals surface area contributed by atoms with Gasteiger partial charge in [-0.3, -0.25) is 4.79 Å². The van der Waals surface area contributed by atoms with Crippen molar-refractivity contribution in [3.05, 3.63) is 59.2 Å². The van der Waals surface area contributed by atoms with Crippen molar-refractivity contribution in [2.45, 2.75) is 40.0 Å². The molecule has 2 saturated heterocycles. The van der Waals surface area contributed by atoms with E-state index in [1.54, 1.807) is 0 Å². The molecule has 6 nitrogen and oxygen atoms in total. The highest BCUT2D eigenvalue weighted by atomic mass is 16.2. The Hall–Kier alpha value is -3.02. The van der Waals surface area contributed by atoms with E-state index in [4.69, 9.17) is 0 Å². The molecule has 4 rings (SSSR count). The van der Waals surface area contributed by atoms with Crippen molar-refractivity contribution in [3.63, 3.8) is 0 Å². The monoisotopic (exact) mass is 448 g/mol. The molecule has 3 amide bonds. The van der Waals surface area contributed by atoms with Gasteiger partial charge in [-0.25, -0.2) is 4.79 Å². The van der Waals surface area contributed by atoms with E-state index in [1.165, 1.54) is 22.4 Å². The number of rotatable bonds is 4. The summed E-state index contributed by atoms with van der Waals surface area (Å²) >= 11 is 0. The summed E-state index contributed by atoms with van der Waals surface area (Å²) in [7, 11) is 0. The molecule has 0 aromatic heterocycles. The predicted octanol–water partition coefficient (Wildman–Crippen LogP) is 4.59. The van der Waals surface area contributed by atoms with Crippen LogP contribution in [0, 0.1) is 26.7 Å². The van der Waals surface area contributed by atoms with Crippen LogP contribution in [0.25, 0.3) is 0 Å². The highest BCUT2D eigenvalue weighted by Crippen LogP contribution is 2.25. The van der Waals surface area contributed by atoms with Crippen LogP contribution in [0.5, 0.6) is 0 Å². The number of amides is 3. The third-order valence-corrected chi connectivity index (χ3v) is 7.12. The Morgan fingerprint density at radius 3 is 2.36 bits per heavy atom. The number of piperazine rings is 1. The summed E-state index contributed by atoms with van der Waals surface area (Å²) in [6.45, 7) is 11.0. The zero-order chi connectivity index (χ0) is 23.4. The van der Waals surface area contributed by atoms with Gasteiger partial charge in [0.25, 0.3) is 0 Å². The zero-order valence-electron chi connectivity index (χ0n) is 20.1. The molecule has 2 aliphatic rings. The normalized spacial score (nSPS) is 18.9. The second-order valence-electron chi connectivity index (χ2n) is 9.54. The van der Waals surface area contributed by atoms with E-state index in [9.17, 15) is 9.59 Å². The van der Waals surface area contributed by atoms with Crippen molar-refractivity contribution >= 4 is 23.3 Å². The summed E-state index contributed by atoms with van der Waals surface area (Å²) in [5.74, 6) is 0.452. The number of carbonyl (C=O) groups is 2. The number of nitrogens with zero attached hydrogens (tertiary/aromatic N) is 3. The fourth-order valence-electron chi connectivity index (χ4n) is 4.91. The first-order chi connectivity index (χ1) is 15.9. The third kappa shape index (κ3) is 5.67. The van der Waals surface area contributed by atoms with E-state index in [2.05, 4.69) is 42.3 Å². The number of carbonyl (C=O) groups excluding carboxylic acids is 2. The van der Waals surface area contributed by atoms with Crippen LogP contribution < -0.4 is 10.2 Å². The lowest BCUT2D eigenvalue weighted by atomic mass is 9.94. The van der Waals surface area contributed by atoms with Crippen molar-refractivity contribution in [1.29, 1.82) is 0 Å². The number of aryl methyl sites for hydroxylation is 2. The molecule has 0 saturated carbocycles.